The van der Waals surface area contributed by atoms with Crippen LogP contribution in [0.4, 0.5) is 0 Å². The quantitative estimate of drug-likeness (QED) is 0.800. The van der Waals surface area contributed by atoms with Crippen LogP contribution < -0.4 is 5.46 Å². The summed E-state index contributed by atoms with van der Waals surface area (Å²) in [7, 11) is -0.361. The van der Waals surface area contributed by atoms with Gasteiger partial charge in [-0.15, -0.1) is 11.3 Å². The normalized spacial score (nSPS) is 20.0. The Morgan fingerprint density at radius 2 is 1.67 bits per heavy atom. The van der Waals surface area contributed by atoms with Crippen molar-refractivity contribution in [2.75, 3.05) is 0 Å². The van der Waals surface area contributed by atoms with Crippen molar-refractivity contribution < 1.29 is 9.31 Å². The van der Waals surface area contributed by atoms with E-state index < -0.39 is 0 Å². The number of hydrogen-bond donors (Lipinski definition) is 0. The fourth-order valence-corrected chi connectivity index (χ4v) is 2.90. The molecule has 1 aliphatic rings. The van der Waals surface area contributed by atoms with Crippen molar-refractivity contribution in [3.63, 3.8) is 0 Å². The minimum absolute atomic E-state index is 0.328. The van der Waals surface area contributed by atoms with Gasteiger partial charge in [-0.1, -0.05) is 6.07 Å². The molecular formula is C15H19BN2O2S. The monoisotopic (exact) mass is 302 g/mol. The zero-order valence-electron chi connectivity index (χ0n) is 13.0. The predicted molar refractivity (Wildman–Crippen MR) is 85.8 cm³/mol. The van der Waals surface area contributed by atoms with Gasteiger partial charge in [0.25, 0.3) is 0 Å². The Kier molecular flexibility index (Phi) is 3.43. The van der Waals surface area contributed by atoms with Crippen molar-refractivity contribution in [2.45, 2.75) is 45.8 Å². The van der Waals surface area contributed by atoms with Gasteiger partial charge in [-0.3, -0.25) is 4.98 Å². The maximum absolute atomic E-state index is 6.03. The second-order valence-corrected chi connectivity index (χ2v) is 7.54. The molecule has 2 aromatic rings. The third-order valence-electron chi connectivity index (χ3n) is 4.19. The van der Waals surface area contributed by atoms with E-state index in [-0.39, 0.29) is 18.3 Å². The standard InChI is InChI=1S/C15H19BN2O2S/c1-10-17-9-13(21-10)12-7-6-11(8-18-12)16-19-14(2,3)15(4,5)20-16/h6-9H,1-5H3. The SMILES string of the molecule is Cc1ncc(-c2ccc(B3OC(C)(C)C(C)(C)O3)cn2)s1. The lowest BCUT2D eigenvalue weighted by atomic mass is 9.80. The molecule has 3 heterocycles. The molecule has 0 bridgehead atoms. The first-order valence-corrected chi connectivity index (χ1v) is 7.84. The van der Waals surface area contributed by atoms with Crippen LogP contribution in [-0.4, -0.2) is 28.3 Å². The second-order valence-electron chi connectivity index (χ2n) is 6.31. The first-order valence-electron chi connectivity index (χ1n) is 7.03. The van der Waals surface area contributed by atoms with Crippen LogP contribution in [-0.2, 0) is 9.31 Å². The molecule has 4 nitrogen and oxygen atoms in total. The highest BCUT2D eigenvalue weighted by Gasteiger charge is 2.51. The minimum Gasteiger partial charge on any atom is -0.399 e. The van der Waals surface area contributed by atoms with Crippen LogP contribution in [0.25, 0.3) is 10.6 Å². The van der Waals surface area contributed by atoms with Crippen molar-refractivity contribution in [1.82, 2.24) is 9.97 Å². The highest BCUT2D eigenvalue weighted by Crippen LogP contribution is 2.36. The molecule has 0 saturated carbocycles. The van der Waals surface area contributed by atoms with E-state index in [1.54, 1.807) is 11.3 Å². The summed E-state index contributed by atoms with van der Waals surface area (Å²) in [4.78, 5) is 9.85. The fraction of sp³-hybridized carbons (Fsp3) is 0.467. The molecule has 110 valence electrons. The summed E-state index contributed by atoms with van der Waals surface area (Å²) in [5, 5.41) is 1.04. The molecule has 0 atom stereocenters. The summed E-state index contributed by atoms with van der Waals surface area (Å²) in [6.45, 7) is 10.2. The van der Waals surface area contributed by atoms with Gasteiger partial charge < -0.3 is 9.31 Å². The summed E-state index contributed by atoms with van der Waals surface area (Å²) in [5.74, 6) is 0. The molecule has 0 radical (unpaired) electrons. The number of pyridine rings is 1. The maximum Gasteiger partial charge on any atom is 0.496 e. The van der Waals surface area contributed by atoms with Crippen LogP contribution in [0.5, 0.6) is 0 Å². The van der Waals surface area contributed by atoms with E-state index in [9.17, 15) is 0 Å². The Balaban J connectivity index is 1.83. The van der Waals surface area contributed by atoms with Gasteiger partial charge in [0.15, 0.2) is 0 Å². The summed E-state index contributed by atoms with van der Waals surface area (Å²) in [5.41, 5.74) is 1.22. The van der Waals surface area contributed by atoms with Crippen molar-refractivity contribution in [3.8, 4) is 10.6 Å². The van der Waals surface area contributed by atoms with Crippen LogP contribution in [0.3, 0.4) is 0 Å². The molecule has 0 aromatic carbocycles. The molecule has 2 aromatic heterocycles. The van der Waals surface area contributed by atoms with E-state index in [1.165, 1.54) is 0 Å². The first-order chi connectivity index (χ1) is 9.78. The Morgan fingerprint density at radius 1 is 1.00 bits per heavy atom. The topological polar surface area (TPSA) is 44.2 Å². The Hall–Kier alpha value is -1.24. The van der Waals surface area contributed by atoms with E-state index in [0.29, 0.717) is 0 Å². The molecule has 21 heavy (non-hydrogen) atoms. The van der Waals surface area contributed by atoms with Crippen LogP contribution in [0.1, 0.15) is 32.7 Å². The molecule has 0 aliphatic carbocycles. The van der Waals surface area contributed by atoms with Crippen molar-refractivity contribution in [3.05, 3.63) is 29.5 Å². The van der Waals surface area contributed by atoms with E-state index in [4.69, 9.17) is 9.31 Å². The van der Waals surface area contributed by atoms with Crippen molar-refractivity contribution in [1.29, 1.82) is 0 Å². The Morgan fingerprint density at radius 3 is 2.14 bits per heavy atom. The summed E-state index contributed by atoms with van der Waals surface area (Å²) < 4.78 is 12.1. The summed E-state index contributed by atoms with van der Waals surface area (Å²) >= 11 is 1.64. The van der Waals surface area contributed by atoms with Gasteiger partial charge in [-0.2, -0.15) is 0 Å². The fourth-order valence-electron chi connectivity index (χ4n) is 2.15. The molecule has 6 heteroatoms. The Labute approximate surface area is 129 Å². The number of thiazole rings is 1. The largest absolute Gasteiger partial charge is 0.496 e. The number of hydrogen-bond acceptors (Lipinski definition) is 5. The zero-order chi connectivity index (χ0) is 15.3. The van der Waals surface area contributed by atoms with Gasteiger partial charge >= 0.3 is 7.12 Å². The third-order valence-corrected chi connectivity index (χ3v) is 5.12. The molecular weight excluding hydrogens is 283 g/mol. The lowest BCUT2D eigenvalue weighted by Crippen LogP contribution is -2.41. The van der Waals surface area contributed by atoms with Gasteiger partial charge in [-0.25, -0.2) is 4.98 Å². The van der Waals surface area contributed by atoms with Gasteiger partial charge in [0, 0.05) is 17.9 Å². The van der Waals surface area contributed by atoms with E-state index in [2.05, 4.69) is 37.7 Å². The maximum atomic E-state index is 6.03. The number of aromatic nitrogens is 2. The molecule has 1 aliphatic heterocycles. The van der Waals surface area contributed by atoms with Crippen LogP contribution in [0.2, 0.25) is 0 Å². The lowest BCUT2D eigenvalue weighted by Gasteiger charge is -2.32. The van der Waals surface area contributed by atoms with Crippen LogP contribution in [0.15, 0.2) is 24.5 Å². The van der Waals surface area contributed by atoms with Gasteiger partial charge in [-0.05, 0) is 40.7 Å². The lowest BCUT2D eigenvalue weighted by molar-refractivity contribution is 0.00578. The number of rotatable bonds is 2. The zero-order valence-corrected chi connectivity index (χ0v) is 13.8. The van der Waals surface area contributed by atoms with Gasteiger partial charge in [0.2, 0.25) is 0 Å². The van der Waals surface area contributed by atoms with Crippen molar-refractivity contribution in [2.24, 2.45) is 0 Å². The number of nitrogens with zero attached hydrogens (tertiary/aromatic N) is 2. The smallest absolute Gasteiger partial charge is 0.399 e. The predicted octanol–water partition coefficient (Wildman–Crippen LogP) is 2.81. The Bertz CT molecular complexity index is 636. The summed E-state index contributed by atoms with van der Waals surface area (Å²) in [6.07, 6.45) is 3.68. The summed E-state index contributed by atoms with van der Waals surface area (Å²) in [6, 6.07) is 4.01. The van der Waals surface area contributed by atoms with Crippen molar-refractivity contribution >= 4 is 23.9 Å². The van der Waals surface area contributed by atoms with Crippen LogP contribution >= 0.6 is 11.3 Å². The highest BCUT2D eigenvalue weighted by molar-refractivity contribution is 7.15. The third kappa shape index (κ3) is 2.63. The first kappa shape index (κ1) is 14.7. The molecule has 1 saturated heterocycles. The van der Waals surface area contributed by atoms with E-state index in [0.717, 1.165) is 21.0 Å². The average Bonchev–Trinajstić information content (AvgIpc) is 2.92. The van der Waals surface area contributed by atoms with E-state index >= 15 is 0 Å². The molecule has 0 amide bonds. The molecule has 0 unspecified atom stereocenters. The minimum atomic E-state index is -0.361. The molecule has 0 N–H and O–H groups in total. The average molecular weight is 302 g/mol. The van der Waals surface area contributed by atoms with Crippen LogP contribution in [0, 0.1) is 6.92 Å². The highest BCUT2D eigenvalue weighted by atomic mass is 32.1. The number of aryl methyl sites for hydroxylation is 1. The van der Waals surface area contributed by atoms with E-state index in [1.807, 2.05) is 31.5 Å². The molecule has 3 rings (SSSR count). The molecule has 0 spiro atoms. The van der Waals surface area contributed by atoms with Gasteiger partial charge in [0.05, 0.1) is 26.8 Å². The second kappa shape index (κ2) is 4.90. The van der Waals surface area contributed by atoms with Gasteiger partial charge in [0.1, 0.15) is 0 Å². The molecule has 1 fully saturated rings.